The second-order valence-electron chi connectivity index (χ2n) is 6.88. The summed E-state index contributed by atoms with van der Waals surface area (Å²) in [5.74, 6) is -0.282. The van der Waals surface area contributed by atoms with E-state index in [1.165, 1.54) is 12.1 Å². The summed E-state index contributed by atoms with van der Waals surface area (Å²) >= 11 is 1.67. The summed E-state index contributed by atoms with van der Waals surface area (Å²) < 4.78 is 13.6. The highest BCUT2D eigenvalue weighted by atomic mass is 32.1. The van der Waals surface area contributed by atoms with Gasteiger partial charge >= 0.3 is 0 Å². The Bertz CT molecular complexity index is 756. The molecule has 5 nitrogen and oxygen atoms in total. The smallest absolute Gasteiger partial charge is 0.244 e. The van der Waals surface area contributed by atoms with Crippen molar-refractivity contribution in [1.29, 1.82) is 0 Å². The first-order valence-electron chi connectivity index (χ1n) is 8.78. The first kappa shape index (κ1) is 18.9. The second kappa shape index (κ2) is 8.24. The number of aryl methyl sites for hydroxylation is 1. The molecule has 140 valence electrons. The highest BCUT2D eigenvalue weighted by Crippen LogP contribution is 2.23. The van der Waals surface area contributed by atoms with Crippen LogP contribution in [-0.2, 0) is 11.3 Å². The van der Waals surface area contributed by atoms with Gasteiger partial charge in [0.25, 0.3) is 0 Å². The largest absolute Gasteiger partial charge is 0.338 e. The van der Waals surface area contributed by atoms with Gasteiger partial charge < -0.3 is 4.90 Å². The summed E-state index contributed by atoms with van der Waals surface area (Å²) in [6.45, 7) is 5.85. The van der Waals surface area contributed by atoms with Crippen LogP contribution in [0.1, 0.15) is 22.3 Å². The number of carbonyl (C=O) groups excluding carboxylic acids is 1. The van der Waals surface area contributed by atoms with Crippen molar-refractivity contribution in [2.24, 2.45) is 0 Å². The Hall–Kier alpha value is -1.83. The lowest BCUT2D eigenvalue weighted by Gasteiger charge is -2.37. The molecule has 1 saturated heterocycles. The zero-order valence-corrected chi connectivity index (χ0v) is 16.3. The van der Waals surface area contributed by atoms with E-state index in [2.05, 4.69) is 15.3 Å². The quantitative estimate of drug-likeness (QED) is 0.804. The van der Waals surface area contributed by atoms with Crippen molar-refractivity contribution < 1.29 is 9.18 Å². The number of carbonyl (C=O) groups is 1. The van der Waals surface area contributed by atoms with Crippen LogP contribution in [0.15, 0.2) is 29.6 Å². The van der Waals surface area contributed by atoms with Crippen LogP contribution in [0.3, 0.4) is 0 Å². The molecular weight excluding hydrogens is 351 g/mol. The van der Waals surface area contributed by atoms with E-state index in [0.717, 1.165) is 30.3 Å². The van der Waals surface area contributed by atoms with Crippen LogP contribution in [0.2, 0.25) is 0 Å². The lowest BCUT2D eigenvalue weighted by molar-refractivity contribution is -0.138. The normalized spacial score (nSPS) is 16.9. The van der Waals surface area contributed by atoms with Crippen LogP contribution in [0.4, 0.5) is 4.39 Å². The average Bonchev–Trinajstić information content (AvgIpc) is 3.00. The Morgan fingerprint density at radius 3 is 2.62 bits per heavy atom. The van der Waals surface area contributed by atoms with Crippen molar-refractivity contribution in [3.8, 4) is 0 Å². The third-order valence-electron chi connectivity index (χ3n) is 4.65. The van der Waals surface area contributed by atoms with Crippen molar-refractivity contribution in [3.05, 3.63) is 51.7 Å². The Balaban J connectivity index is 1.62. The maximum absolute atomic E-state index is 13.6. The Morgan fingerprint density at radius 2 is 2.04 bits per heavy atom. The highest BCUT2D eigenvalue weighted by Gasteiger charge is 2.30. The van der Waals surface area contributed by atoms with Gasteiger partial charge in [-0.3, -0.25) is 14.6 Å². The minimum Gasteiger partial charge on any atom is -0.338 e. The third-order valence-corrected chi connectivity index (χ3v) is 5.47. The van der Waals surface area contributed by atoms with E-state index >= 15 is 0 Å². The number of aromatic nitrogens is 1. The molecule has 1 aliphatic heterocycles. The number of nitrogens with zero attached hydrogens (tertiary/aromatic N) is 4. The number of thiazole rings is 1. The fourth-order valence-corrected chi connectivity index (χ4v) is 3.95. The molecule has 1 aliphatic rings. The number of hydrogen-bond acceptors (Lipinski definition) is 5. The van der Waals surface area contributed by atoms with Crippen LogP contribution in [0.5, 0.6) is 0 Å². The summed E-state index contributed by atoms with van der Waals surface area (Å²) in [5.41, 5.74) is 1.79. The van der Waals surface area contributed by atoms with Crippen molar-refractivity contribution in [2.45, 2.75) is 19.5 Å². The molecule has 0 aliphatic carbocycles. The maximum atomic E-state index is 13.6. The van der Waals surface area contributed by atoms with E-state index in [9.17, 15) is 9.18 Å². The van der Waals surface area contributed by atoms with Gasteiger partial charge in [-0.25, -0.2) is 9.37 Å². The molecular formula is C19H25FN4OS. The monoisotopic (exact) mass is 376 g/mol. The lowest BCUT2D eigenvalue weighted by atomic mass is 10.0. The molecule has 26 heavy (non-hydrogen) atoms. The fraction of sp³-hybridized carbons (Fsp3) is 0.474. The van der Waals surface area contributed by atoms with Crippen LogP contribution < -0.4 is 0 Å². The molecule has 0 N–H and O–H groups in total. The molecule has 0 radical (unpaired) electrons. The Labute approximate surface area is 158 Å². The highest BCUT2D eigenvalue weighted by molar-refractivity contribution is 7.09. The van der Waals surface area contributed by atoms with Crippen LogP contribution in [0, 0.1) is 12.7 Å². The number of benzene rings is 1. The number of halogens is 1. The molecule has 0 spiro atoms. The van der Waals surface area contributed by atoms with E-state index in [1.54, 1.807) is 17.4 Å². The number of rotatable bonds is 5. The molecule has 1 unspecified atom stereocenters. The molecule has 1 aromatic carbocycles. The minimum atomic E-state index is -0.460. The standard InChI is InChI=1S/C19H25FN4OS/c1-14-21-17(13-26-14)12-23-7-9-24(10-8-23)19(25)18(22(2)3)15-5-4-6-16(20)11-15/h4-6,11,13,18H,7-10,12H2,1-3H3. The van der Waals surface area contributed by atoms with E-state index in [1.807, 2.05) is 36.9 Å². The molecule has 2 heterocycles. The first-order valence-corrected chi connectivity index (χ1v) is 9.66. The van der Waals surface area contributed by atoms with Crippen LogP contribution in [0.25, 0.3) is 0 Å². The van der Waals surface area contributed by atoms with Gasteiger partial charge in [-0.15, -0.1) is 11.3 Å². The third kappa shape index (κ3) is 4.47. The zero-order valence-electron chi connectivity index (χ0n) is 15.5. The summed E-state index contributed by atoms with van der Waals surface area (Å²) in [5, 5.41) is 3.18. The molecule has 7 heteroatoms. The van der Waals surface area contributed by atoms with Gasteiger partial charge in [-0.2, -0.15) is 0 Å². The number of amides is 1. The van der Waals surface area contributed by atoms with Crippen LogP contribution in [-0.4, -0.2) is 65.9 Å². The van der Waals surface area contributed by atoms with Gasteiger partial charge in [0.15, 0.2) is 0 Å². The predicted molar refractivity (Wildman–Crippen MR) is 102 cm³/mol. The van der Waals surface area contributed by atoms with Gasteiger partial charge in [0.2, 0.25) is 5.91 Å². The zero-order chi connectivity index (χ0) is 18.7. The van der Waals surface area contributed by atoms with Gasteiger partial charge in [-0.05, 0) is 38.7 Å². The molecule has 0 saturated carbocycles. The molecule has 1 atom stereocenters. The number of hydrogen-bond donors (Lipinski definition) is 0. The van der Waals surface area contributed by atoms with E-state index < -0.39 is 6.04 Å². The van der Waals surface area contributed by atoms with Crippen LogP contribution >= 0.6 is 11.3 Å². The minimum absolute atomic E-state index is 0.0322. The molecule has 0 bridgehead atoms. The van der Waals surface area contributed by atoms with Gasteiger partial charge in [0.05, 0.1) is 10.7 Å². The Morgan fingerprint density at radius 1 is 1.31 bits per heavy atom. The van der Waals surface area contributed by atoms with Gasteiger partial charge in [-0.1, -0.05) is 12.1 Å². The van der Waals surface area contributed by atoms with Crippen molar-refractivity contribution in [1.82, 2.24) is 19.7 Å². The molecule has 1 fully saturated rings. The van der Waals surface area contributed by atoms with Gasteiger partial charge in [0, 0.05) is 38.1 Å². The molecule has 3 rings (SSSR count). The topological polar surface area (TPSA) is 39.7 Å². The van der Waals surface area contributed by atoms with E-state index in [-0.39, 0.29) is 11.7 Å². The SMILES string of the molecule is Cc1nc(CN2CCN(C(=O)C(c3cccc(F)c3)N(C)C)CC2)cs1. The summed E-state index contributed by atoms with van der Waals surface area (Å²) in [7, 11) is 3.71. The summed E-state index contributed by atoms with van der Waals surface area (Å²) in [4.78, 5) is 23.6. The average molecular weight is 377 g/mol. The first-order chi connectivity index (χ1) is 12.4. The number of likely N-dealkylation sites (N-methyl/N-ethyl adjacent to an activating group) is 1. The van der Waals surface area contributed by atoms with E-state index in [4.69, 9.17) is 0 Å². The fourth-order valence-electron chi connectivity index (χ4n) is 3.35. The van der Waals surface area contributed by atoms with E-state index in [0.29, 0.717) is 18.7 Å². The molecule has 1 aromatic heterocycles. The summed E-state index contributed by atoms with van der Waals surface area (Å²) in [6.07, 6.45) is 0. The molecule has 1 amide bonds. The Kier molecular flexibility index (Phi) is 6.01. The van der Waals surface area contributed by atoms with Gasteiger partial charge in [0.1, 0.15) is 11.9 Å². The molecule has 2 aromatic rings. The number of piperazine rings is 1. The van der Waals surface area contributed by atoms with Crippen molar-refractivity contribution in [2.75, 3.05) is 40.3 Å². The van der Waals surface area contributed by atoms with Crippen molar-refractivity contribution >= 4 is 17.2 Å². The van der Waals surface area contributed by atoms with Crippen molar-refractivity contribution in [3.63, 3.8) is 0 Å². The predicted octanol–water partition coefficient (Wildman–Crippen LogP) is 2.54. The second-order valence-corrected chi connectivity index (χ2v) is 7.94. The lowest BCUT2D eigenvalue weighted by Crippen LogP contribution is -2.51. The summed E-state index contributed by atoms with van der Waals surface area (Å²) in [6, 6.07) is 5.86. The maximum Gasteiger partial charge on any atom is 0.244 e.